The molecule has 2 amide bonds. The summed E-state index contributed by atoms with van der Waals surface area (Å²) in [6.45, 7) is 1.84. The molecular weight excluding hydrogens is 482 g/mol. The number of carboxylic acids is 1. The van der Waals surface area contributed by atoms with E-state index in [0.29, 0.717) is 11.3 Å². The predicted octanol–water partition coefficient (Wildman–Crippen LogP) is 5.01. The van der Waals surface area contributed by atoms with E-state index in [1.165, 1.54) is 36.4 Å². The van der Waals surface area contributed by atoms with Gasteiger partial charge in [0.25, 0.3) is 10.1 Å². The molecule has 35 heavy (non-hydrogen) atoms. The number of carboxylic acid groups (broad SMARTS) is 1. The highest BCUT2D eigenvalue weighted by Gasteiger charge is 2.37. The molecule has 14 nitrogen and oxygen atoms in total. The first-order valence-electron chi connectivity index (χ1n) is 9.97. The molecule has 2 aromatic rings. The molecule has 1 aliphatic heterocycles. The van der Waals surface area contributed by atoms with Gasteiger partial charge in [-0.3, -0.25) is 18.9 Å². The number of amides is 2. The van der Waals surface area contributed by atoms with E-state index in [2.05, 4.69) is 20.1 Å². The van der Waals surface area contributed by atoms with Crippen molar-refractivity contribution in [2.45, 2.75) is 37.5 Å². The molecule has 2 aromatic carbocycles. The fourth-order valence-corrected chi connectivity index (χ4v) is 4.10. The summed E-state index contributed by atoms with van der Waals surface area (Å²) in [7, 11) is -4.97. The van der Waals surface area contributed by atoms with Gasteiger partial charge in [-0.2, -0.15) is 8.42 Å². The average molecular weight is 501 g/mol. The largest absolute Gasteiger partial charge is 0.481 e. The quantitative estimate of drug-likeness (QED) is 0.173. The molecule has 1 saturated heterocycles. The van der Waals surface area contributed by atoms with Crippen molar-refractivity contribution in [3.05, 3.63) is 57.3 Å². The highest BCUT2D eigenvalue weighted by Crippen LogP contribution is 2.43. The van der Waals surface area contributed by atoms with Gasteiger partial charge in [0.1, 0.15) is 4.90 Å². The van der Waals surface area contributed by atoms with E-state index in [-0.39, 0.29) is 35.3 Å². The summed E-state index contributed by atoms with van der Waals surface area (Å²) in [5.74, 6) is -2.09. The van der Waals surface area contributed by atoms with Gasteiger partial charge in [0, 0.05) is 40.3 Å². The maximum absolute atomic E-state index is 12.2. The van der Waals surface area contributed by atoms with Crippen molar-refractivity contribution < 1.29 is 32.5 Å². The van der Waals surface area contributed by atoms with Crippen molar-refractivity contribution in [2.24, 2.45) is 10.2 Å². The van der Waals surface area contributed by atoms with Crippen molar-refractivity contribution in [1.29, 1.82) is 0 Å². The van der Waals surface area contributed by atoms with Gasteiger partial charge < -0.3 is 5.11 Å². The first-order valence-corrected chi connectivity index (χ1v) is 11.4. The third-order valence-corrected chi connectivity index (χ3v) is 5.53. The molecule has 0 atom stereocenters. The molecule has 1 heterocycles. The summed E-state index contributed by atoms with van der Waals surface area (Å²) in [4.78, 5) is 39.2. The summed E-state index contributed by atoms with van der Waals surface area (Å²) in [6, 6.07) is 8.19. The number of aliphatic carboxylic acids is 1. The van der Waals surface area contributed by atoms with E-state index in [9.17, 15) is 27.4 Å². The smallest absolute Gasteiger partial charge is 0.303 e. The first-order chi connectivity index (χ1) is 16.5. The zero-order chi connectivity index (χ0) is 26.2. The second-order valence-corrected chi connectivity index (χ2v) is 8.34. The number of rotatable bonds is 7. The first kappa shape index (κ1) is 26.8. The molecule has 0 unspecified atom stereocenters. The molecular formula is C20H19N7O7S. The normalized spacial score (nSPS) is 12.8. The Balaban J connectivity index is 0.000000641. The van der Waals surface area contributed by atoms with Gasteiger partial charge in [0.15, 0.2) is 0 Å². The minimum absolute atomic E-state index is 0.0422. The van der Waals surface area contributed by atoms with Crippen LogP contribution in [0.1, 0.15) is 32.6 Å². The summed E-state index contributed by atoms with van der Waals surface area (Å²) < 4.78 is 34.4. The molecule has 15 heteroatoms. The van der Waals surface area contributed by atoms with E-state index in [4.69, 9.17) is 16.2 Å². The maximum atomic E-state index is 12.2. The number of anilines is 1. The Morgan fingerprint density at radius 1 is 1.03 bits per heavy atom. The molecule has 0 radical (unpaired) electrons. The highest BCUT2D eigenvalue weighted by atomic mass is 32.2. The molecule has 2 N–H and O–H groups in total. The third-order valence-electron chi connectivity index (χ3n) is 4.60. The van der Waals surface area contributed by atoms with Crippen molar-refractivity contribution in [2.75, 3.05) is 4.90 Å². The molecule has 1 fully saturated rings. The Hall–Kier alpha value is -4.42. The Kier molecular flexibility index (Phi) is 8.91. The van der Waals surface area contributed by atoms with E-state index < -0.39 is 38.5 Å². The molecule has 0 spiro atoms. The monoisotopic (exact) mass is 501 g/mol. The number of azide groups is 2. The number of imide groups is 1. The van der Waals surface area contributed by atoms with Crippen LogP contribution in [0.25, 0.3) is 32.0 Å². The minimum atomic E-state index is -4.97. The fourth-order valence-electron chi connectivity index (χ4n) is 3.19. The molecule has 0 bridgehead atoms. The van der Waals surface area contributed by atoms with Crippen LogP contribution in [0.5, 0.6) is 0 Å². The van der Waals surface area contributed by atoms with Crippen LogP contribution in [0.3, 0.4) is 0 Å². The van der Waals surface area contributed by atoms with Gasteiger partial charge in [-0.15, -0.1) is 0 Å². The number of benzene rings is 2. The number of hydrogen-bond donors (Lipinski definition) is 2. The lowest BCUT2D eigenvalue weighted by atomic mass is 10.0. The summed E-state index contributed by atoms with van der Waals surface area (Å²) in [5.41, 5.74) is 17.0. The van der Waals surface area contributed by atoms with Gasteiger partial charge in [0.2, 0.25) is 11.8 Å². The zero-order valence-corrected chi connectivity index (χ0v) is 19.1. The van der Waals surface area contributed by atoms with Crippen LogP contribution >= 0.6 is 0 Å². The minimum Gasteiger partial charge on any atom is -0.481 e. The van der Waals surface area contributed by atoms with Crippen LogP contribution in [0, 0.1) is 0 Å². The lowest BCUT2D eigenvalue weighted by Gasteiger charge is -2.21. The number of hydrogen-bond acceptors (Lipinski definition) is 7. The summed E-state index contributed by atoms with van der Waals surface area (Å²) in [6.07, 6.45) is 0.727. The second-order valence-electron chi connectivity index (χ2n) is 6.98. The molecule has 0 aromatic heterocycles. The summed E-state index contributed by atoms with van der Waals surface area (Å²) >= 11 is 0. The van der Waals surface area contributed by atoms with Crippen LogP contribution in [0.15, 0.2) is 51.5 Å². The number of nitrogens with zero attached hydrogens (tertiary/aromatic N) is 7. The maximum Gasteiger partial charge on any atom is 0.303 e. The molecule has 1 aliphatic rings. The van der Waals surface area contributed by atoms with Gasteiger partial charge in [-0.25, -0.2) is 4.90 Å². The predicted molar refractivity (Wildman–Crippen MR) is 124 cm³/mol. The topological polar surface area (TPSA) is 227 Å². The van der Waals surface area contributed by atoms with Crippen LogP contribution in [-0.2, 0) is 24.5 Å². The van der Waals surface area contributed by atoms with Crippen molar-refractivity contribution in [3.63, 3.8) is 0 Å². The Morgan fingerprint density at radius 2 is 1.60 bits per heavy atom. The van der Waals surface area contributed by atoms with Gasteiger partial charge in [0.05, 0.1) is 11.4 Å². The molecule has 182 valence electrons. The van der Waals surface area contributed by atoms with E-state index >= 15 is 0 Å². The Morgan fingerprint density at radius 3 is 2.03 bits per heavy atom. The van der Waals surface area contributed by atoms with Crippen molar-refractivity contribution >= 4 is 45.0 Å². The zero-order valence-electron chi connectivity index (χ0n) is 18.3. The number of carbonyl (C=O) groups is 3. The Labute approximate surface area is 198 Å². The van der Waals surface area contributed by atoms with Gasteiger partial charge >= 0.3 is 5.97 Å². The second kappa shape index (κ2) is 11.6. The molecule has 3 rings (SSSR count). The SMILES string of the molecule is CCCC(=O)O.[N-]=[N+]=Nc1ccc(-c2ccc(N=[N+]=[N-])c(N3C(=O)CCC3=O)c2S(=O)(=O)O)cc1. The van der Waals surface area contributed by atoms with Crippen molar-refractivity contribution in [1.82, 2.24) is 0 Å². The third kappa shape index (κ3) is 6.56. The van der Waals surface area contributed by atoms with E-state index in [1.807, 2.05) is 6.92 Å². The molecule has 0 saturated carbocycles. The van der Waals surface area contributed by atoms with Crippen LogP contribution in [-0.4, -0.2) is 35.9 Å². The van der Waals surface area contributed by atoms with Crippen LogP contribution in [0.4, 0.5) is 17.1 Å². The lowest BCUT2D eigenvalue weighted by Crippen LogP contribution is -2.30. The van der Waals surface area contributed by atoms with Gasteiger partial charge in [-0.1, -0.05) is 47.5 Å². The van der Waals surface area contributed by atoms with Crippen LogP contribution in [0.2, 0.25) is 0 Å². The number of carbonyl (C=O) groups excluding carboxylic acids is 2. The lowest BCUT2D eigenvalue weighted by molar-refractivity contribution is -0.137. The average Bonchev–Trinajstić information content (AvgIpc) is 3.12. The Bertz CT molecular complexity index is 1340. The van der Waals surface area contributed by atoms with Crippen molar-refractivity contribution in [3.8, 4) is 11.1 Å². The van der Waals surface area contributed by atoms with Gasteiger partial charge in [-0.05, 0) is 29.1 Å². The van der Waals surface area contributed by atoms with E-state index in [1.54, 1.807) is 0 Å². The highest BCUT2D eigenvalue weighted by molar-refractivity contribution is 7.86. The summed E-state index contributed by atoms with van der Waals surface area (Å²) in [5, 5.41) is 14.7. The van der Waals surface area contributed by atoms with E-state index in [0.717, 1.165) is 6.42 Å². The molecule has 0 aliphatic carbocycles. The van der Waals surface area contributed by atoms with Crippen LogP contribution < -0.4 is 4.90 Å². The standard InChI is InChI=1S/C16H11N7O5S.C4H8O2/c17-21-19-10-3-1-9(2-4-10)11-5-6-12(20-22-18)15(16(11)29(26,27)28)23-13(24)7-8-14(23)25;1-2-3-4(5)6/h1-6H,7-8H2,(H,26,27,28);2-3H2,1H3,(H,5,6). The fraction of sp³-hybridized carbons (Fsp3) is 0.250.